The van der Waals surface area contributed by atoms with Crippen LogP contribution in [0, 0.1) is 28.6 Å². The van der Waals surface area contributed by atoms with Crippen LogP contribution in [0.3, 0.4) is 0 Å². The van der Waals surface area contributed by atoms with E-state index in [1.807, 2.05) is 0 Å². The van der Waals surface area contributed by atoms with Crippen molar-refractivity contribution < 1.29 is 32.6 Å². The molecular formula is C25H32F2O5. The Balaban J connectivity index is 1.68. The number of hydrogen-bond donors (Lipinski definition) is 0. The first-order chi connectivity index (χ1) is 15.0. The van der Waals surface area contributed by atoms with E-state index >= 15 is 0 Å². The second-order valence-corrected chi connectivity index (χ2v) is 10.5. The number of ketones is 1. The predicted molar refractivity (Wildman–Crippen MR) is 112 cm³/mol. The van der Waals surface area contributed by atoms with Crippen LogP contribution in [-0.4, -0.2) is 30.3 Å². The number of alkyl halides is 2. The molecular weight excluding hydrogens is 418 g/mol. The van der Waals surface area contributed by atoms with E-state index in [4.69, 9.17) is 9.47 Å². The van der Waals surface area contributed by atoms with E-state index in [-0.39, 0.29) is 35.4 Å². The van der Waals surface area contributed by atoms with Crippen molar-refractivity contribution in [3.63, 3.8) is 0 Å². The first-order valence-electron chi connectivity index (χ1n) is 11.6. The third-order valence-corrected chi connectivity index (χ3v) is 8.85. The van der Waals surface area contributed by atoms with Gasteiger partial charge in [-0.1, -0.05) is 19.4 Å². The molecule has 0 saturated heterocycles. The van der Waals surface area contributed by atoms with E-state index in [1.54, 1.807) is 0 Å². The minimum absolute atomic E-state index is 0.0698. The second-order valence-electron chi connectivity index (χ2n) is 10.5. The van der Waals surface area contributed by atoms with Crippen molar-refractivity contribution in [2.45, 2.75) is 85.2 Å². The maximum Gasteiger partial charge on any atom is 0.307 e. The highest BCUT2D eigenvalue weighted by molar-refractivity contribution is 6.06. The largest absolute Gasteiger partial charge is 0.462 e. The van der Waals surface area contributed by atoms with Crippen LogP contribution in [0.4, 0.5) is 8.78 Å². The fourth-order valence-electron chi connectivity index (χ4n) is 7.46. The lowest BCUT2D eigenvalue weighted by molar-refractivity contribution is -0.157. The second kappa shape index (κ2) is 8.07. The molecule has 0 heterocycles. The summed E-state index contributed by atoms with van der Waals surface area (Å²) >= 11 is 0. The van der Waals surface area contributed by atoms with Gasteiger partial charge in [0, 0.05) is 24.8 Å². The predicted octanol–water partition coefficient (Wildman–Crippen LogP) is 5.14. The van der Waals surface area contributed by atoms with Gasteiger partial charge < -0.3 is 9.47 Å². The summed E-state index contributed by atoms with van der Waals surface area (Å²) in [7, 11) is 0. The van der Waals surface area contributed by atoms with E-state index in [9.17, 15) is 23.2 Å². The highest BCUT2D eigenvalue weighted by Crippen LogP contribution is 2.66. The van der Waals surface area contributed by atoms with Gasteiger partial charge in [-0.15, -0.1) is 0 Å². The Kier molecular flexibility index (Phi) is 5.83. The normalized spacial score (nSPS) is 40.1. The molecule has 0 bridgehead atoms. The Bertz CT molecular complexity index is 906. The minimum Gasteiger partial charge on any atom is -0.462 e. The molecule has 3 saturated carbocycles. The van der Waals surface area contributed by atoms with Crippen molar-refractivity contribution in [3.05, 3.63) is 23.0 Å². The van der Waals surface area contributed by atoms with Crippen molar-refractivity contribution in [1.82, 2.24) is 0 Å². The molecule has 32 heavy (non-hydrogen) atoms. The van der Waals surface area contributed by atoms with E-state index in [1.165, 1.54) is 13.0 Å². The molecule has 0 amide bonds. The molecule has 0 aromatic carbocycles. The van der Waals surface area contributed by atoms with Crippen LogP contribution >= 0.6 is 0 Å². The first kappa shape index (κ1) is 23.1. The van der Waals surface area contributed by atoms with Gasteiger partial charge in [0.15, 0.2) is 11.5 Å². The molecule has 176 valence electrons. The van der Waals surface area contributed by atoms with Gasteiger partial charge in [-0.05, 0) is 74.2 Å². The average molecular weight is 451 g/mol. The summed E-state index contributed by atoms with van der Waals surface area (Å²) in [5, 5.41) is 0. The molecule has 0 aromatic rings. The van der Waals surface area contributed by atoms with Gasteiger partial charge in [-0.25, -0.2) is 8.78 Å². The Labute approximate surface area is 187 Å². The number of hydrogen-bond acceptors (Lipinski definition) is 5. The summed E-state index contributed by atoms with van der Waals surface area (Å²) in [5.74, 6) is -1.33. The molecule has 6 atom stereocenters. The molecule has 5 nitrogen and oxygen atoms in total. The lowest BCUT2D eigenvalue weighted by Crippen LogP contribution is -2.52. The van der Waals surface area contributed by atoms with Gasteiger partial charge >= 0.3 is 11.9 Å². The number of allylic oxidation sites excluding steroid dienone is 3. The molecule has 4 aliphatic rings. The van der Waals surface area contributed by atoms with E-state index in [2.05, 4.69) is 13.8 Å². The zero-order valence-corrected chi connectivity index (χ0v) is 19.2. The number of rotatable bonds is 3. The van der Waals surface area contributed by atoms with Crippen molar-refractivity contribution in [2.24, 2.45) is 28.6 Å². The molecule has 4 aliphatic carbocycles. The van der Waals surface area contributed by atoms with Gasteiger partial charge in [0.1, 0.15) is 6.10 Å². The number of carbonyl (C=O) groups is 3. The Hall–Kier alpha value is -2.05. The summed E-state index contributed by atoms with van der Waals surface area (Å²) in [6.45, 7) is 6.84. The molecule has 0 unspecified atom stereocenters. The summed E-state index contributed by atoms with van der Waals surface area (Å²) in [5.41, 5.74) is 0.467. The number of fused-ring (bicyclic) bond motifs is 5. The fraction of sp³-hybridized carbons (Fsp3) is 0.720. The SMILES string of the molecule is CC(=O)OC(=C1C[C@@]2(C)C(=CC1=O)CC[C@H]1[C@@H]3CC[C@H](OC(C)=O)[C@@]3(C)CC[C@@H]12)C(F)F. The molecule has 0 radical (unpaired) electrons. The Morgan fingerprint density at radius 1 is 1.06 bits per heavy atom. The lowest BCUT2D eigenvalue weighted by Gasteiger charge is -2.58. The van der Waals surface area contributed by atoms with Gasteiger partial charge in [0.2, 0.25) is 0 Å². The molecule has 4 rings (SSSR count). The zero-order valence-electron chi connectivity index (χ0n) is 19.2. The standard InChI is InChI=1S/C25H32F2O5/c1-13(28)31-21-8-7-18-16-6-5-15-11-20(30)17(22(23(26)27)32-14(2)29)12-25(15,4)19(16)9-10-24(18,21)3/h11,16,18-19,21,23H,5-10,12H2,1-4H3/t16-,18-,19-,21-,24-,25-/m0/s1. The molecule has 0 aliphatic heterocycles. The van der Waals surface area contributed by atoms with Crippen molar-refractivity contribution in [2.75, 3.05) is 0 Å². The van der Waals surface area contributed by atoms with Gasteiger partial charge in [-0.3, -0.25) is 14.4 Å². The highest BCUT2D eigenvalue weighted by Gasteiger charge is 2.60. The molecule has 0 N–H and O–H groups in total. The smallest absolute Gasteiger partial charge is 0.307 e. The number of ether oxygens (including phenoxy) is 2. The number of halogens is 2. The zero-order chi connectivity index (χ0) is 23.4. The van der Waals surface area contributed by atoms with Gasteiger partial charge in [0.25, 0.3) is 6.43 Å². The molecule has 0 spiro atoms. The van der Waals surface area contributed by atoms with Crippen LogP contribution in [0.5, 0.6) is 0 Å². The number of esters is 2. The average Bonchev–Trinajstić information content (AvgIpc) is 3.02. The van der Waals surface area contributed by atoms with Crippen LogP contribution in [0.15, 0.2) is 23.0 Å². The fourth-order valence-corrected chi connectivity index (χ4v) is 7.46. The van der Waals surface area contributed by atoms with Crippen molar-refractivity contribution >= 4 is 17.7 Å². The van der Waals surface area contributed by atoms with Gasteiger partial charge in [0.05, 0.1) is 0 Å². The topological polar surface area (TPSA) is 69.7 Å². The summed E-state index contributed by atoms with van der Waals surface area (Å²) < 4.78 is 37.9. The van der Waals surface area contributed by atoms with Gasteiger partial charge in [-0.2, -0.15) is 0 Å². The van der Waals surface area contributed by atoms with Crippen LogP contribution in [0.25, 0.3) is 0 Å². The molecule has 3 fully saturated rings. The van der Waals surface area contributed by atoms with Crippen LogP contribution in [-0.2, 0) is 23.9 Å². The monoisotopic (exact) mass is 450 g/mol. The maximum absolute atomic E-state index is 13.7. The Morgan fingerprint density at radius 2 is 1.78 bits per heavy atom. The quantitative estimate of drug-likeness (QED) is 0.338. The third kappa shape index (κ3) is 3.61. The van der Waals surface area contributed by atoms with Crippen LogP contribution in [0.2, 0.25) is 0 Å². The van der Waals surface area contributed by atoms with E-state index in [0.29, 0.717) is 11.8 Å². The summed E-state index contributed by atoms with van der Waals surface area (Å²) in [6, 6.07) is 0. The first-order valence-corrected chi connectivity index (χ1v) is 11.6. The number of carbonyl (C=O) groups excluding carboxylic acids is 3. The minimum atomic E-state index is -3.02. The van der Waals surface area contributed by atoms with Crippen LogP contribution in [0.1, 0.15) is 72.6 Å². The van der Waals surface area contributed by atoms with E-state index < -0.39 is 29.4 Å². The third-order valence-electron chi connectivity index (χ3n) is 8.85. The summed E-state index contributed by atoms with van der Waals surface area (Å²) in [6.07, 6.45) is 3.94. The van der Waals surface area contributed by atoms with Crippen molar-refractivity contribution in [3.8, 4) is 0 Å². The molecule has 7 heteroatoms. The van der Waals surface area contributed by atoms with Crippen molar-refractivity contribution in [1.29, 1.82) is 0 Å². The summed E-state index contributed by atoms with van der Waals surface area (Å²) in [4.78, 5) is 35.8. The lowest BCUT2D eigenvalue weighted by atomic mass is 9.47. The maximum atomic E-state index is 13.7. The Morgan fingerprint density at radius 3 is 2.41 bits per heavy atom. The van der Waals surface area contributed by atoms with Crippen LogP contribution < -0.4 is 0 Å². The molecule has 0 aromatic heterocycles. The van der Waals surface area contributed by atoms with E-state index in [0.717, 1.165) is 51.0 Å². The highest BCUT2D eigenvalue weighted by atomic mass is 19.3.